The van der Waals surface area contributed by atoms with E-state index in [4.69, 9.17) is 21.4 Å². The summed E-state index contributed by atoms with van der Waals surface area (Å²) in [6.07, 6.45) is -1.01. The Morgan fingerprint density at radius 2 is 2.07 bits per heavy atom. The number of hydrogen-bond acceptors (Lipinski definition) is 2. The molecular formula is C10H12ClNO3. The number of hydrogen-bond donors (Lipinski definition) is 1. The number of carbonyl (C=O) groups is 1. The molecule has 1 rings (SSSR count). The first-order valence-electron chi connectivity index (χ1n) is 4.40. The molecule has 1 aromatic carbocycles. The molecule has 1 amide bonds. The Hall–Kier alpha value is -1.26. The van der Waals surface area contributed by atoms with Crippen molar-refractivity contribution >= 4 is 23.4 Å². The molecule has 4 nitrogen and oxygen atoms in total. The minimum absolute atomic E-state index is 0.299. The van der Waals surface area contributed by atoms with Crippen LogP contribution in [0.25, 0.3) is 0 Å². The van der Waals surface area contributed by atoms with Crippen LogP contribution in [0.3, 0.4) is 0 Å². The molecule has 0 aliphatic carbocycles. The second-order valence-electron chi connectivity index (χ2n) is 2.90. The van der Waals surface area contributed by atoms with Gasteiger partial charge >= 0.3 is 6.09 Å². The lowest BCUT2D eigenvalue weighted by Crippen LogP contribution is -2.32. The number of halogens is 1. The molecule has 5 heteroatoms. The predicted octanol–water partition coefficient (Wildman–Crippen LogP) is 2.47. The molecule has 0 aliphatic heterocycles. The summed E-state index contributed by atoms with van der Waals surface area (Å²) in [6.45, 7) is 0.655. The van der Waals surface area contributed by atoms with E-state index in [9.17, 15) is 4.79 Å². The fraction of sp³-hybridized carbons (Fsp3) is 0.300. The number of ether oxygens (including phenoxy) is 1. The molecule has 0 atom stereocenters. The smallest absolute Gasteiger partial charge is 0.411 e. The molecule has 0 unspecified atom stereocenters. The van der Waals surface area contributed by atoms with Crippen LogP contribution in [0.1, 0.15) is 0 Å². The highest BCUT2D eigenvalue weighted by molar-refractivity contribution is 6.30. The van der Waals surface area contributed by atoms with Crippen LogP contribution in [0.5, 0.6) is 0 Å². The number of anilines is 1. The number of benzene rings is 1. The molecule has 0 heterocycles. The van der Waals surface area contributed by atoms with Crippen molar-refractivity contribution in [2.45, 2.75) is 0 Å². The van der Waals surface area contributed by atoms with Crippen LogP contribution in [0, 0.1) is 0 Å². The molecule has 15 heavy (non-hydrogen) atoms. The van der Waals surface area contributed by atoms with Gasteiger partial charge < -0.3 is 9.84 Å². The first-order chi connectivity index (χ1) is 7.15. The van der Waals surface area contributed by atoms with Gasteiger partial charge in [-0.25, -0.2) is 4.79 Å². The van der Waals surface area contributed by atoms with E-state index in [0.29, 0.717) is 23.9 Å². The Kier molecular flexibility index (Phi) is 4.39. The lowest BCUT2D eigenvalue weighted by molar-refractivity contribution is 0.186. The van der Waals surface area contributed by atoms with Crippen molar-refractivity contribution in [3.8, 4) is 0 Å². The Labute approximate surface area is 93.0 Å². The van der Waals surface area contributed by atoms with Crippen LogP contribution >= 0.6 is 11.6 Å². The van der Waals surface area contributed by atoms with Crippen molar-refractivity contribution in [2.24, 2.45) is 0 Å². The van der Waals surface area contributed by atoms with Gasteiger partial charge in [-0.3, -0.25) is 4.90 Å². The molecule has 82 valence electrons. The van der Waals surface area contributed by atoms with Crippen LogP contribution in [-0.2, 0) is 4.74 Å². The normalized spacial score (nSPS) is 10.0. The first-order valence-corrected chi connectivity index (χ1v) is 4.78. The highest BCUT2D eigenvalue weighted by Crippen LogP contribution is 2.17. The van der Waals surface area contributed by atoms with Crippen molar-refractivity contribution in [3.05, 3.63) is 29.3 Å². The van der Waals surface area contributed by atoms with Crippen molar-refractivity contribution in [1.82, 2.24) is 0 Å². The second-order valence-corrected chi connectivity index (χ2v) is 3.34. The third kappa shape index (κ3) is 3.42. The lowest BCUT2D eigenvalue weighted by Gasteiger charge is -2.18. The Bertz CT molecular complexity index is 326. The predicted molar refractivity (Wildman–Crippen MR) is 58.7 cm³/mol. The van der Waals surface area contributed by atoms with E-state index in [1.165, 1.54) is 12.0 Å². The quantitative estimate of drug-likeness (QED) is 0.863. The summed E-state index contributed by atoms with van der Waals surface area (Å²) in [5, 5.41) is 9.54. The summed E-state index contributed by atoms with van der Waals surface area (Å²) in [7, 11) is 1.53. The van der Waals surface area contributed by atoms with E-state index in [2.05, 4.69) is 0 Å². The molecule has 0 bridgehead atoms. The summed E-state index contributed by atoms with van der Waals surface area (Å²) in [5.74, 6) is 0. The Balaban J connectivity index is 2.79. The van der Waals surface area contributed by atoms with Gasteiger partial charge in [-0.1, -0.05) is 11.6 Å². The number of methoxy groups -OCH3 is 1. The molecule has 0 aliphatic rings. The molecule has 0 spiro atoms. The van der Waals surface area contributed by atoms with Crippen LogP contribution in [0.4, 0.5) is 10.5 Å². The van der Waals surface area contributed by atoms with E-state index in [0.717, 1.165) is 0 Å². The van der Waals surface area contributed by atoms with Crippen molar-refractivity contribution < 1.29 is 14.6 Å². The molecular weight excluding hydrogens is 218 g/mol. The van der Waals surface area contributed by atoms with Gasteiger partial charge in [0.15, 0.2) is 0 Å². The number of amides is 1. The molecule has 0 saturated carbocycles. The zero-order valence-electron chi connectivity index (χ0n) is 8.31. The third-order valence-corrected chi connectivity index (χ3v) is 2.14. The molecule has 1 N–H and O–H groups in total. The van der Waals surface area contributed by atoms with Crippen molar-refractivity contribution in [1.29, 1.82) is 0 Å². The monoisotopic (exact) mass is 229 g/mol. The van der Waals surface area contributed by atoms with Gasteiger partial charge in [0.2, 0.25) is 0 Å². The number of rotatable bonds is 4. The Morgan fingerprint density at radius 1 is 1.47 bits per heavy atom. The van der Waals surface area contributed by atoms with Crippen LogP contribution in [-0.4, -0.2) is 31.5 Å². The SMILES string of the molecule is COCCN(C(=O)O)c1ccc(Cl)cc1. The van der Waals surface area contributed by atoms with E-state index in [1.807, 2.05) is 0 Å². The molecule has 0 saturated heterocycles. The average Bonchev–Trinajstić information content (AvgIpc) is 2.21. The summed E-state index contributed by atoms with van der Waals surface area (Å²) < 4.78 is 4.84. The van der Waals surface area contributed by atoms with Gasteiger partial charge in [0, 0.05) is 17.8 Å². The van der Waals surface area contributed by atoms with Gasteiger partial charge in [-0.05, 0) is 24.3 Å². The summed E-state index contributed by atoms with van der Waals surface area (Å²) in [5.41, 5.74) is 0.587. The van der Waals surface area contributed by atoms with Gasteiger partial charge in [0.25, 0.3) is 0 Å². The van der Waals surface area contributed by atoms with Crippen LogP contribution < -0.4 is 4.90 Å². The minimum atomic E-state index is -1.01. The maximum Gasteiger partial charge on any atom is 0.411 e. The zero-order chi connectivity index (χ0) is 11.3. The van der Waals surface area contributed by atoms with E-state index < -0.39 is 6.09 Å². The van der Waals surface area contributed by atoms with Gasteiger partial charge in [-0.2, -0.15) is 0 Å². The largest absolute Gasteiger partial charge is 0.465 e. The first kappa shape index (κ1) is 11.8. The van der Waals surface area contributed by atoms with Crippen LogP contribution in [0.15, 0.2) is 24.3 Å². The standard InChI is InChI=1S/C10H12ClNO3/c1-15-7-6-12(10(13)14)9-4-2-8(11)3-5-9/h2-5H,6-7H2,1H3,(H,13,14). The Morgan fingerprint density at radius 3 is 2.53 bits per heavy atom. The van der Waals surface area contributed by atoms with Gasteiger partial charge in [0.05, 0.1) is 13.2 Å². The average molecular weight is 230 g/mol. The van der Waals surface area contributed by atoms with Crippen molar-refractivity contribution in [2.75, 3.05) is 25.2 Å². The summed E-state index contributed by atoms with van der Waals surface area (Å²) in [4.78, 5) is 12.1. The van der Waals surface area contributed by atoms with Crippen LogP contribution in [0.2, 0.25) is 5.02 Å². The van der Waals surface area contributed by atoms with Gasteiger partial charge in [0.1, 0.15) is 0 Å². The zero-order valence-corrected chi connectivity index (χ0v) is 9.07. The third-order valence-electron chi connectivity index (χ3n) is 1.89. The highest BCUT2D eigenvalue weighted by Gasteiger charge is 2.13. The lowest BCUT2D eigenvalue weighted by atomic mass is 10.3. The van der Waals surface area contributed by atoms with E-state index >= 15 is 0 Å². The van der Waals surface area contributed by atoms with Gasteiger partial charge in [-0.15, -0.1) is 0 Å². The fourth-order valence-electron chi connectivity index (χ4n) is 1.14. The molecule has 1 aromatic rings. The molecule has 0 aromatic heterocycles. The maximum absolute atomic E-state index is 10.9. The molecule has 0 radical (unpaired) electrons. The van der Waals surface area contributed by atoms with E-state index in [-0.39, 0.29) is 0 Å². The second kappa shape index (κ2) is 5.58. The molecule has 0 fully saturated rings. The number of nitrogens with zero attached hydrogens (tertiary/aromatic N) is 1. The fourth-order valence-corrected chi connectivity index (χ4v) is 1.26. The van der Waals surface area contributed by atoms with E-state index in [1.54, 1.807) is 24.3 Å². The van der Waals surface area contributed by atoms with Crippen molar-refractivity contribution in [3.63, 3.8) is 0 Å². The number of carboxylic acid groups (broad SMARTS) is 1. The minimum Gasteiger partial charge on any atom is -0.465 e. The maximum atomic E-state index is 10.9. The topological polar surface area (TPSA) is 49.8 Å². The highest BCUT2D eigenvalue weighted by atomic mass is 35.5. The summed E-state index contributed by atoms with van der Waals surface area (Å²) in [6, 6.07) is 6.62. The summed E-state index contributed by atoms with van der Waals surface area (Å²) >= 11 is 5.71.